The highest BCUT2D eigenvalue weighted by atomic mass is 16.6. The van der Waals surface area contributed by atoms with E-state index in [0.717, 1.165) is 0 Å². The second-order valence-corrected chi connectivity index (χ2v) is 3.80. The van der Waals surface area contributed by atoms with Crippen molar-refractivity contribution in [3.05, 3.63) is 16.4 Å². The Morgan fingerprint density at radius 2 is 2.29 bits per heavy atom. The van der Waals surface area contributed by atoms with E-state index >= 15 is 0 Å². The van der Waals surface area contributed by atoms with Crippen molar-refractivity contribution < 1.29 is 14.8 Å². The Morgan fingerprint density at radius 1 is 1.59 bits per heavy atom. The Labute approximate surface area is 96.8 Å². The molecular formula is C9H12N4O4. The van der Waals surface area contributed by atoms with E-state index in [1.54, 1.807) is 0 Å². The average molecular weight is 240 g/mol. The summed E-state index contributed by atoms with van der Waals surface area (Å²) >= 11 is 0. The first-order valence-electron chi connectivity index (χ1n) is 5.09. The Balaban J connectivity index is 2.23. The number of aliphatic hydroxyl groups is 1. The van der Waals surface area contributed by atoms with E-state index in [1.807, 2.05) is 0 Å². The molecule has 17 heavy (non-hydrogen) atoms. The number of aromatic nitrogens is 2. The lowest BCUT2D eigenvalue weighted by Gasteiger charge is -2.32. The van der Waals surface area contributed by atoms with Gasteiger partial charge in [0.15, 0.2) is 0 Å². The van der Waals surface area contributed by atoms with Crippen LogP contribution in [-0.2, 0) is 0 Å². The fraction of sp³-hybridized carbons (Fsp3) is 0.556. The van der Waals surface area contributed by atoms with E-state index in [2.05, 4.69) is 15.3 Å². The van der Waals surface area contributed by atoms with Crippen molar-refractivity contribution in [2.24, 2.45) is 0 Å². The van der Waals surface area contributed by atoms with Crippen molar-refractivity contribution in [1.82, 2.24) is 9.97 Å². The molecule has 92 valence electrons. The van der Waals surface area contributed by atoms with Gasteiger partial charge in [0.2, 0.25) is 5.82 Å². The van der Waals surface area contributed by atoms with Gasteiger partial charge >= 0.3 is 5.69 Å². The summed E-state index contributed by atoms with van der Waals surface area (Å²) in [5.41, 5.74) is -0.281. The minimum absolute atomic E-state index is 0.00306. The van der Waals surface area contributed by atoms with E-state index < -0.39 is 4.92 Å². The summed E-state index contributed by atoms with van der Waals surface area (Å²) in [6, 6.07) is 0.00306. The lowest BCUT2D eigenvalue weighted by molar-refractivity contribution is -0.385. The number of methoxy groups -OCH3 is 1. The van der Waals surface area contributed by atoms with Gasteiger partial charge in [-0.25, -0.2) is 4.98 Å². The summed E-state index contributed by atoms with van der Waals surface area (Å²) in [6.45, 7) is 0. The number of anilines is 1. The third-order valence-electron chi connectivity index (χ3n) is 2.62. The molecule has 1 aliphatic carbocycles. The van der Waals surface area contributed by atoms with Crippen LogP contribution in [0.15, 0.2) is 6.33 Å². The monoisotopic (exact) mass is 240 g/mol. The zero-order valence-corrected chi connectivity index (χ0v) is 9.16. The fourth-order valence-corrected chi connectivity index (χ4v) is 1.68. The van der Waals surface area contributed by atoms with Crippen molar-refractivity contribution in [3.63, 3.8) is 0 Å². The average Bonchev–Trinajstić information content (AvgIpc) is 2.26. The van der Waals surface area contributed by atoms with Crippen LogP contribution < -0.4 is 10.1 Å². The minimum Gasteiger partial charge on any atom is -0.476 e. The molecule has 0 saturated heterocycles. The normalized spacial score (nSPS) is 22.7. The summed E-state index contributed by atoms with van der Waals surface area (Å²) in [4.78, 5) is 17.8. The van der Waals surface area contributed by atoms with Gasteiger partial charge in [0.1, 0.15) is 6.33 Å². The summed E-state index contributed by atoms with van der Waals surface area (Å²) < 4.78 is 4.82. The standard InChI is InChI=1S/C9H12N4O4/c1-17-9-7(13(15)16)8(10-4-11-9)12-5-2-6(14)3-5/h4-6,14H,2-3H2,1H3,(H,10,11,12). The molecule has 2 rings (SSSR count). The Hall–Kier alpha value is -1.96. The number of ether oxygens (including phenoxy) is 1. The van der Waals surface area contributed by atoms with Crippen LogP contribution in [0.2, 0.25) is 0 Å². The third-order valence-corrected chi connectivity index (χ3v) is 2.62. The first kappa shape index (κ1) is 11.5. The van der Waals surface area contributed by atoms with Crippen LogP contribution in [0.3, 0.4) is 0 Å². The molecule has 1 fully saturated rings. The summed E-state index contributed by atoms with van der Waals surface area (Å²) in [7, 11) is 1.31. The van der Waals surface area contributed by atoms with E-state index in [-0.39, 0.29) is 29.5 Å². The minimum atomic E-state index is -0.587. The Kier molecular flexibility index (Phi) is 3.05. The second-order valence-electron chi connectivity index (χ2n) is 3.80. The van der Waals surface area contributed by atoms with Crippen LogP contribution in [0.1, 0.15) is 12.8 Å². The zero-order chi connectivity index (χ0) is 12.4. The van der Waals surface area contributed by atoms with Crippen molar-refractivity contribution in [3.8, 4) is 5.88 Å². The number of hydrogen-bond donors (Lipinski definition) is 2. The molecule has 8 heteroatoms. The molecule has 1 aliphatic rings. The molecule has 2 N–H and O–H groups in total. The van der Waals surface area contributed by atoms with Crippen LogP contribution >= 0.6 is 0 Å². The van der Waals surface area contributed by atoms with Gasteiger partial charge in [0.05, 0.1) is 18.1 Å². The molecule has 1 aromatic rings. The van der Waals surface area contributed by atoms with Gasteiger partial charge in [-0.3, -0.25) is 10.1 Å². The molecule has 0 amide bonds. The van der Waals surface area contributed by atoms with Gasteiger partial charge in [0.25, 0.3) is 5.88 Å². The number of aliphatic hydroxyl groups excluding tert-OH is 1. The van der Waals surface area contributed by atoms with Crippen molar-refractivity contribution in [2.75, 3.05) is 12.4 Å². The topological polar surface area (TPSA) is 110 Å². The van der Waals surface area contributed by atoms with Gasteiger partial charge < -0.3 is 15.2 Å². The van der Waals surface area contributed by atoms with Crippen LogP contribution in [-0.4, -0.2) is 39.3 Å². The molecule has 8 nitrogen and oxygen atoms in total. The quantitative estimate of drug-likeness (QED) is 0.576. The van der Waals surface area contributed by atoms with E-state index in [9.17, 15) is 10.1 Å². The molecule has 0 bridgehead atoms. The van der Waals surface area contributed by atoms with Crippen molar-refractivity contribution in [1.29, 1.82) is 0 Å². The SMILES string of the molecule is COc1ncnc(NC2CC(O)C2)c1[N+](=O)[O-]. The number of rotatable bonds is 4. The van der Waals surface area contributed by atoms with Gasteiger partial charge in [-0.1, -0.05) is 0 Å². The van der Waals surface area contributed by atoms with Gasteiger partial charge in [-0.05, 0) is 12.8 Å². The van der Waals surface area contributed by atoms with Crippen LogP contribution in [0.4, 0.5) is 11.5 Å². The fourth-order valence-electron chi connectivity index (χ4n) is 1.68. The Morgan fingerprint density at radius 3 is 2.82 bits per heavy atom. The van der Waals surface area contributed by atoms with Crippen molar-refractivity contribution >= 4 is 11.5 Å². The van der Waals surface area contributed by atoms with Gasteiger partial charge in [-0.2, -0.15) is 4.98 Å². The third kappa shape index (κ3) is 2.26. The molecule has 0 unspecified atom stereocenters. The highest BCUT2D eigenvalue weighted by molar-refractivity contribution is 5.61. The lowest BCUT2D eigenvalue weighted by atomic mass is 9.89. The van der Waals surface area contributed by atoms with E-state index in [0.29, 0.717) is 12.8 Å². The van der Waals surface area contributed by atoms with Gasteiger partial charge in [-0.15, -0.1) is 0 Å². The van der Waals surface area contributed by atoms with Crippen LogP contribution in [0.5, 0.6) is 5.88 Å². The highest BCUT2D eigenvalue weighted by Gasteiger charge is 2.31. The first-order valence-corrected chi connectivity index (χ1v) is 5.09. The molecule has 1 saturated carbocycles. The number of nitrogens with zero attached hydrogens (tertiary/aromatic N) is 3. The maximum absolute atomic E-state index is 10.9. The second kappa shape index (κ2) is 4.50. The smallest absolute Gasteiger partial charge is 0.372 e. The predicted molar refractivity (Wildman–Crippen MR) is 57.9 cm³/mol. The van der Waals surface area contributed by atoms with Crippen LogP contribution in [0, 0.1) is 10.1 Å². The summed E-state index contributed by atoms with van der Waals surface area (Å²) in [6.07, 6.45) is 1.98. The molecular weight excluding hydrogens is 228 g/mol. The number of nitro groups is 1. The van der Waals surface area contributed by atoms with E-state index in [4.69, 9.17) is 9.84 Å². The predicted octanol–water partition coefficient (Wildman–Crippen LogP) is 0.329. The molecule has 1 heterocycles. The zero-order valence-electron chi connectivity index (χ0n) is 9.16. The highest BCUT2D eigenvalue weighted by Crippen LogP contribution is 2.33. The largest absolute Gasteiger partial charge is 0.476 e. The van der Waals surface area contributed by atoms with Gasteiger partial charge in [0, 0.05) is 6.04 Å². The summed E-state index contributed by atoms with van der Waals surface area (Å²) in [5, 5.41) is 23.0. The maximum atomic E-state index is 10.9. The van der Waals surface area contributed by atoms with E-state index in [1.165, 1.54) is 13.4 Å². The number of hydrogen-bond acceptors (Lipinski definition) is 7. The summed E-state index contributed by atoms with van der Waals surface area (Å²) in [5.74, 6) is 0.0473. The van der Waals surface area contributed by atoms with Crippen LogP contribution in [0.25, 0.3) is 0 Å². The lowest BCUT2D eigenvalue weighted by Crippen LogP contribution is -2.39. The molecule has 0 spiro atoms. The molecule has 0 aliphatic heterocycles. The molecule has 0 radical (unpaired) electrons. The molecule has 1 aromatic heterocycles. The first-order chi connectivity index (χ1) is 8.11. The molecule has 0 atom stereocenters. The maximum Gasteiger partial charge on any atom is 0.372 e. The van der Waals surface area contributed by atoms with Crippen molar-refractivity contribution in [2.45, 2.75) is 25.0 Å². The Bertz CT molecular complexity index is 433. The molecule has 0 aromatic carbocycles. The number of nitrogens with one attached hydrogen (secondary N) is 1.